The first kappa shape index (κ1) is 15.8. The first-order valence-electron chi connectivity index (χ1n) is 8.61. The number of rotatable bonds is 3. The summed E-state index contributed by atoms with van der Waals surface area (Å²) in [6.45, 7) is 0. The number of nitrogens with one attached hydrogen (secondary N) is 1. The molecule has 3 unspecified atom stereocenters. The minimum absolute atomic E-state index is 0.111. The Morgan fingerprint density at radius 3 is 2.12 bits per heavy atom. The van der Waals surface area contributed by atoms with Crippen molar-refractivity contribution in [2.45, 2.75) is 37.5 Å². The zero-order valence-electron chi connectivity index (χ0n) is 13.8. The van der Waals surface area contributed by atoms with Gasteiger partial charge in [-0.05, 0) is 43.5 Å². The van der Waals surface area contributed by atoms with Gasteiger partial charge in [-0.2, -0.15) is 0 Å². The van der Waals surface area contributed by atoms with Crippen molar-refractivity contribution >= 4 is 17.5 Å². The van der Waals surface area contributed by atoms with Crippen LogP contribution in [-0.4, -0.2) is 40.0 Å². The van der Waals surface area contributed by atoms with Crippen LogP contribution in [0.1, 0.15) is 40.0 Å². The molecule has 0 aromatic heterocycles. The fraction of sp³-hybridized carbons (Fsp3) is 0.300. The van der Waals surface area contributed by atoms with Crippen LogP contribution in [-0.2, 0) is 0 Å². The van der Waals surface area contributed by atoms with Gasteiger partial charge in [0.2, 0.25) is 0 Å². The zero-order chi connectivity index (χ0) is 17.4. The number of fused-ring (bicyclic) bond motifs is 1. The Balaban J connectivity index is 1.55. The fourth-order valence-electron chi connectivity index (χ4n) is 3.82. The second-order valence-corrected chi connectivity index (χ2v) is 6.68. The zero-order valence-corrected chi connectivity index (χ0v) is 13.8. The monoisotopic (exact) mass is 336 g/mol. The molecule has 1 heterocycles. The topological polar surface area (TPSA) is 69.6 Å². The van der Waals surface area contributed by atoms with Crippen molar-refractivity contribution < 1.29 is 14.7 Å². The van der Waals surface area contributed by atoms with E-state index in [0.29, 0.717) is 24.0 Å². The number of aliphatic hydroxyl groups excluding tert-OH is 1. The van der Waals surface area contributed by atoms with Crippen LogP contribution in [0.15, 0.2) is 54.6 Å². The average molecular weight is 336 g/mol. The van der Waals surface area contributed by atoms with E-state index >= 15 is 0 Å². The minimum Gasteiger partial charge on any atom is -0.391 e. The SMILES string of the molecule is O=C1c2ccccc2C(=O)N1C1CC(Nc2ccccc2)CCC1O. The van der Waals surface area contributed by atoms with Gasteiger partial charge >= 0.3 is 0 Å². The highest BCUT2D eigenvalue weighted by Gasteiger charge is 2.44. The smallest absolute Gasteiger partial charge is 0.261 e. The van der Waals surface area contributed by atoms with Crippen molar-refractivity contribution in [1.82, 2.24) is 4.90 Å². The van der Waals surface area contributed by atoms with Crippen LogP contribution in [0.3, 0.4) is 0 Å². The molecule has 0 saturated heterocycles. The van der Waals surface area contributed by atoms with Crippen LogP contribution < -0.4 is 5.32 Å². The largest absolute Gasteiger partial charge is 0.391 e. The molecule has 4 rings (SSSR count). The summed E-state index contributed by atoms with van der Waals surface area (Å²) in [5, 5.41) is 13.9. The molecule has 1 aliphatic carbocycles. The molecule has 2 N–H and O–H groups in total. The van der Waals surface area contributed by atoms with Crippen molar-refractivity contribution in [2.24, 2.45) is 0 Å². The summed E-state index contributed by atoms with van der Waals surface area (Å²) in [5.74, 6) is -0.602. The van der Waals surface area contributed by atoms with E-state index in [0.717, 1.165) is 12.1 Å². The van der Waals surface area contributed by atoms with E-state index in [-0.39, 0.29) is 17.9 Å². The lowest BCUT2D eigenvalue weighted by Gasteiger charge is -2.38. The summed E-state index contributed by atoms with van der Waals surface area (Å²) in [7, 11) is 0. The lowest BCUT2D eigenvalue weighted by molar-refractivity contribution is 0.0185. The number of para-hydroxylation sites is 1. The van der Waals surface area contributed by atoms with E-state index in [9.17, 15) is 14.7 Å². The number of anilines is 1. The molecule has 128 valence electrons. The maximum absolute atomic E-state index is 12.7. The summed E-state index contributed by atoms with van der Waals surface area (Å²) in [4.78, 5) is 26.6. The van der Waals surface area contributed by atoms with Gasteiger partial charge in [-0.3, -0.25) is 14.5 Å². The van der Waals surface area contributed by atoms with Crippen LogP contribution in [0.25, 0.3) is 0 Å². The maximum Gasteiger partial charge on any atom is 0.261 e. The van der Waals surface area contributed by atoms with Gasteiger partial charge in [-0.15, -0.1) is 0 Å². The highest BCUT2D eigenvalue weighted by Crippen LogP contribution is 2.32. The van der Waals surface area contributed by atoms with Gasteiger partial charge in [0.15, 0.2) is 0 Å². The van der Waals surface area contributed by atoms with Crippen molar-refractivity contribution in [3.63, 3.8) is 0 Å². The highest BCUT2D eigenvalue weighted by atomic mass is 16.3. The summed E-state index contributed by atoms with van der Waals surface area (Å²) >= 11 is 0. The molecule has 3 atom stereocenters. The number of amides is 2. The van der Waals surface area contributed by atoms with E-state index in [4.69, 9.17) is 0 Å². The molecule has 0 radical (unpaired) electrons. The Kier molecular flexibility index (Phi) is 4.01. The normalized spacial score (nSPS) is 25.8. The fourth-order valence-corrected chi connectivity index (χ4v) is 3.82. The van der Waals surface area contributed by atoms with E-state index in [1.165, 1.54) is 4.90 Å². The molecular weight excluding hydrogens is 316 g/mol. The van der Waals surface area contributed by atoms with E-state index in [2.05, 4.69) is 5.32 Å². The van der Waals surface area contributed by atoms with E-state index < -0.39 is 12.1 Å². The van der Waals surface area contributed by atoms with Crippen molar-refractivity contribution in [1.29, 1.82) is 0 Å². The van der Waals surface area contributed by atoms with E-state index in [1.54, 1.807) is 24.3 Å². The first-order valence-corrected chi connectivity index (χ1v) is 8.61. The van der Waals surface area contributed by atoms with Crippen LogP contribution in [0.4, 0.5) is 5.69 Å². The molecule has 25 heavy (non-hydrogen) atoms. The molecule has 1 fully saturated rings. The number of hydrogen-bond acceptors (Lipinski definition) is 4. The molecule has 2 aliphatic rings. The molecule has 1 aliphatic heterocycles. The summed E-state index contributed by atoms with van der Waals surface area (Å²) in [5.41, 5.74) is 1.86. The Morgan fingerprint density at radius 1 is 0.880 bits per heavy atom. The van der Waals surface area contributed by atoms with Gasteiger partial charge in [0.25, 0.3) is 11.8 Å². The second-order valence-electron chi connectivity index (χ2n) is 6.68. The van der Waals surface area contributed by atoms with Crippen LogP contribution in [0.5, 0.6) is 0 Å². The van der Waals surface area contributed by atoms with Crippen LogP contribution in [0, 0.1) is 0 Å². The number of nitrogens with zero attached hydrogens (tertiary/aromatic N) is 1. The number of benzene rings is 2. The van der Waals surface area contributed by atoms with Gasteiger partial charge < -0.3 is 10.4 Å². The van der Waals surface area contributed by atoms with Crippen molar-refractivity contribution in [2.75, 3.05) is 5.32 Å². The third-order valence-corrected chi connectivity index (χ3v) is 5.08. The molecule has 2 amide bonds. The highest BCUT2D eigenvalue weighted by molar-refractivity contribution is 6.21. The van der Waals surface area contributed by atoms with Crippen molar-refractivity contribution in [3.8, 4) is 0 Å². The van der Waals surface area contributed by atoms with Gasteiger partial charge in [-0.1, -0.05) is 30.3 Å². The lowest BCUT2D eigenvalue weighted by Crippen LogP contribution is -2.52. The van der Waals surface area contributed by atoms with Gasteiger partial charge in [0.05, 0.1) is 23.3 Å². The van der Waals surface area contributed by atoms with Crippen LogP contribution >= 0.6 is 0 Å². The number of carbonyl (C=O) groups is 2. The van der Waals surface area contributed by atoms with Gasteiger partial charge in [0, 0.05) is 11.7 Å². The molecule has 5 nitrogen and oxygen atoms in total. The Labute approximate surface area is 146 Å². The number of hydrogen-bond donors (Lipinski definition) is 2. The van der Waals surface area contributed by atoms with Crippen LogP contribution in [0.2, 0.25) is 0 Å². The average Bonchev–Trinajstić information content (AvgIpc) is 2.89. The molecule has 0 bridgehead atoms. The third kappa shape index (κ3) is 2.81. The molecule has 5 heteroatoms. The molecule has 2 aromatic rings. The quantitative estimate of drug-likeness (QED) is 0.846. The first-order chi connectivity index (χ1) is 12.1. The summed E-state index contributed by atoms with van der Waals surface area (Å²) < 4.78 is 0. The van der Waals surface area contributed by atoms with Gasteiger partial charge in [-0.25, -0.2) is 0 Å². The third-order valence-electron chi connectivity index (χ3n) is 5.08. The lowest BCUT2D eigenvalue weighted by atomic mass is 9.87. The maximum atomic E-state index is 12.7. The molecule has 2 aromatic carbocycles. The standard InChI is InChI=1S/C20H20N2O3/c23-18-11-10-14(21-13-6-2-1-3-7-13)12-17(18)22-19(24)15-8-4-5-9-16(15)20(22)25/h1-9,14,17-18,21,23H,10-12H2. The molecular formula is C20H20N2O3. The molecule has 0 spiro atoms. The summed E-state index contributed by atoms with van der Waals surface area (Å²) in [6.07, 6.45) is 1.22. The minimum atomic E-state index is -0.684. The number of imide groups is 1. The molecule has 1 saturated carbocycles. The Morgan fingerprint density at radius 2 is 1.48 bits per heavy atom. The summed E-state index contributed by atoms with van der Waals surface area (Å²) in [6, 6.07) is 16.3. The number of carbonyl (C=O) groups excluding carboxylic acids is 2. The Bertz CT molecular complexity index is 771. The Hall–Kier alpha value is -2.66. The predicted octanol–water partition coefficient (Wildman–Crippen LogP) is 2.68. The predicted molar refractivity (Wildman–Crippen MR) is 94.4 cm³/mol. The van der Waals surface area contributed by atoms with Crippen molar-refractivity contribution in [3.05, 3.63) is 65.7 Å². The van der Waals surface area contributed by atoms with E-state index in [1.807, 2.05) is 30.3 Å². The second kappa shape index (κ2) is 6.33. The van der Waals surface area contributed by atoms with Gasteiger partial charge in [0.1, 0.15) is 0 Å². The number of aliphatic hydroxyl groups is 1.